The normalized spacial score (nSPS) is 17.7. The van der Waals surface area contributed by atoms with Crippen molar-refractivity contribution in [1.82, 2.24) is 0 Å². The molecule has 2 rings (SSSR count). The average Bonchev–Trinajstić information content (AvgIpc) is 2.42. The molecular weight excluding hydrogens is 284 g/mol. The molecule has 1 aliphatic rings. The number of carbonyl (C=O) groups is 2. The molecule has 0 heterocycles. The van der Waals surface area contributed by atoms with E-state index in [1.807, 2.05) is 26.8 Å². The maximum Gasteiger partial charge on any atom is 0.335 e. The minimum atomic E-state index is -0.911. The summed E-state index contributed by atoms with van der Waals surface area (Å²) in [5.41, 5.74) is 1.95. The third-order valence-corrected chi connectivity index (χ3v) is 3.49. The summed E-state index contributed by atoms with van der Waals surface area (Å²) in [6, 6.07) is 5.17. The first-order valence-corrected chi connectivity index (χ1v) is 7.43. The lowest BCUT2D eigenvalue weighted by Crippen LogP contribution is -2.30. The summed E-state index contributed by atoms with van der Waals surface area (Å²) >= 11 is 0. The first-order chi connectivity index (χ1) is 10.2. The molecule has 0 fully saturated rings. The second kappa shape index (κ2) is 6.48. The highest BCUT2D eigenvalue weighted by atomic mass is 16.6. The summed E-state index contributed by atoms with van der Waals surface area (Å²) in [6.07, 6.45) is 2.20. The van der Waals surface area contributed by atoms with Crippen molar-refractivity contribution in [1.29, 1.82) is 0 Å². The topological polar surface area (TPSA) is 72.8 Å². The lowest BCUT2D eigenvalue weighted by molar-refractivity contribution is -0.162. The van der Waals surface area contributed by atoms with Crippen LogP contribution in [0, 0.1) is 0 Å². The standard InChI is InChI=1S/C17H22O5/c1-17(2,3)22-15(18)10-21-14-7-6-11-8-13(16(19)20)5-4-12(11)9-14/h4-5,8,14H,6-7,9-10H2,1-3H3,(H,19,20). The van der Waals surface area contributed by atoms with E-state index in [1.165, 1.54) is 0 Å². The molecule has 5 heteroatoms. The second-order valence-electron chi connectivity index (χ2n) is 6.55. The van der Waals surface area contributed by atoms with E-state index in [1.54, 1.807) is 12.1 Å². The van der Waals surface area contributed by atoms with Crippen LogP contribution in [0.25, 0.3) is 0 Å². The lowest BCUT2D eigenvalue weighted by atomic mass is 9.88. The molecular formula is C17H22O5. The molecule has 1 atom stereocenters. The van der Waals surface area contributed by atoms with E-state index in [0.717, 1.165) is 24.0 Å². The van der Waals surface area contributed by atoms with Gasteiger partial charge in [0.25, 0.3) is 0 Å². The number of fused-ring (bicyclic) bond motifs is 1. The van der Waals surface area contributed by atoms with Gasteiger partial charge in [0.2, 0.25) is 0 Å². The number of hydrogen-bond acceptors (Lipinski definition) is 4. The van der Waals surface area contributed by atoms with E-state index < -0.39 is 11.6 Å². The summed E-state index contributed by atoms with van der Waals surface area (Å²) < 4.78 is 10.8. The smallest absolute Gasteiger partial charge is 0.335 e. The van der Waals surface area contributed by atoms with Crippen LogP contribution in [-0.4, -0.2) is 35.4 Å². The van der Waals surface area contributed by atoms with Gasteiger partial charge in [-0.2, -0.15) is 0 Å². The quantitative estimate of drug-likeness (QED) is 0.866. The van der Waals surface area contributed by atoms with Gasteiger partial charge in [0.1, 0.15) is 12.2 Å². The Labute approximate surface area is 130 Å². The molecule has 120 valence electrons. The Morgan fingerprint density at radius 2 is 2.00 bits per heavy atom. The lowest BCUT2D eigenvalue weighted by Gasteiger charge is -2.26. The van der Waals surface area contributed by atoms with Crippen molar-refractivity contribution >= 4 is 11.9 Å². The van der Waals surface area contributed by atoms with Gasteiger partial charge in [-0.3, -0.25) is 0 Å². The zero-order valence-corrected chi connectivity index (χ0v) is 13.2. The minimum Gasteiger partial charge on any atom is -0.478 e. The average molecular weight is 306 g/mol. The molecule has 1 aliphatic carbocycles. The fraction of sp³-hybridized carbons (Fsp3) is 0.529. The molecule has 22 heavy (non-hydrogen) atoms. The Morgan fingerprint density at radius 3 is 2.64 bits per heavy atom. The minimum absolute atomic E-state index is 0.0318. The van der Waals surface area contributed by atoms with E-state index in [0.29, 0.717) is 12.0 Å². The molecule has 1 N–H and O–H groups in total. The summed E-state index contributed by atoms with van der Waals surface area (Å²) in [6.45, 7) is 5.41. The molecule has 5 nitrogen and oxygen atoms in total. The molecule has 0 aromatic heterocycles. The van der Waals surface area contributed by atoms with Crippen LogP contribution in [0.2, 0.25) is 0 Å². The van der Waals surface area contributed by atoms with Crippen molar-refractivity contribution in [3.8, 4) is 0 Å². The predicted molar refractivity (Wildman–Crippen MR) is 81.0 cm³/mol. The van der Waals surface area contributed by atoms with Crippen LogP contribution in [0.15, 0.2) is 18.2 Å². The number of carboxylic acids is 1. The van der Waals surface area contributed by atoms with Crippen LogP contribution in [-0.2, 0) is 27.1 Å². The Hall–Kier alpha value is -1.88. The van der Waals surface area contributed by atoms with Gasteiger partial charge in [-0.1, -0.05) is 6.07 Å². The van der Waals surface area contributed by atoms with Crippen LogP contribution < -0.4 is 0 Å². The third-order valence-electron chi connectivity index (χ3n) is 3.49. The molecule has 1 aromatic rings. The zero-order chi connectivity index (χ0) is 16.3. The molecule has 0 aliphatic heterocycles. The van der Waals surface area contributed by atoms with Crippen molar-refractivity contribution in [3.63, 3.8) is 0 Å². The number of benzene rings is 1. The Bertz CT molecular complexity index is 571. The monoisotopic (exact) mass is 306 g/mol. The van der Waals surface area contributed by atoms with Crippen LogP contribution in [0.3, 0.4) is 0 Å². The van der Waals surface area contributed by atoms with Gasteiger partial charge in [-0.05, 0) is 63.3 Å². The van der Waals surface area contributed by atoms with Gasteiger partial charge in [0.15, 0.2) is 0 Å². The first-order valence-electron chi connectivity index (χ1n) is 7.43. The third kappa shape index (κ3) is 4.56. The molecule has 0 spiro atoms. The van der Waals surface area contributed by atoms with E-state index in [9.17, 15) is 9.59 Å². The van der Waals surface area contributed by atoms with Crippen molar-refractivity contribution in [3.05, 3.63) is 34.9 Å². The number of carbonyl (C=O) groups excluding carboxylic acids is 1. The second-order valence-corrected chi connectivity index (χ2v) is 6.55. The van der Waals surface area contributed by atoms with Gasteiger partial charge in [-0.25, -0.2) is 9.59 Å². The van der Waals surface area contributed by atoms with Gasteiger partial charge < -0.3 is 14.6 Å². The van der Waals surface area contributed by atoms with Crippen LogP contribution in [0.4, 0.5) is 0 Å². The van der Waals surface area contributed by atoms with E-state index in [4.69, 9.17) is 14.6 Å². The van der Waals surface area contributed by atoms with Gasteiger partial charge in [-0.15, -0.1) is 0 Å². The molecule has 0 saturated carbocycles. The summed E-state index contributed by atoms with van der Waals surface area (Å²) in [4.78, 5) is 22.6. The van der Waals surface area contributed by atoms with Crippen LogP contribution >= 0.6 is 0 Å². The Morgan fingerprint density at radius 1 is 1.27 bits per heavy atom. The highest BCUT2D eigenvalue weighted by Gasteiger charge is 2.22. The fourth-order valence-electron chi connectivity index (χ4n) is 2.55. The number of ether oxygens (including phenoxy) is 2. The number of aromatic carboxylic acids is 1. The van der Waals surface area contributed by atoms with Crippen LogP contribution in [0.1, 0.15) is 48.7 Å². The highest BCUT2D eigenvalue weighted by Crippen LogP contribution is 2.24. The van der Waals surface area contributed by atoms with E-state index in [-0.39, 0.29) is 18.7 Å². The van der Waals surface area contributed by atoms with Gasteiger partial charge in [0, 0.05) is 0 Å². The number of rotatable bonds is 4. The number of aryl methyl sites for hydroxylation is 1. The molecule has 0 amide bonds. The predicted octanol–water partition coefficient (Wildman–Crippen LogP) is 2.60. The maximum absolute atomic E-state index is 11.7. The number of carboxylic acid groups (broad SMARTS) is 1. The summed E-state index contributed by atoms with van der Waals surface area (Å²) in [5, 5.41) is 9.00. The largest absolute Gasteiger partial charge is 0.478 e. The molecule has 0 bridgehead atoms. The highest BCUT2D eigenvalue weighted by molar-refractivity contribution is 5.87. The maximum atomic E-state index is 11.7. The van der Waals surface area contributed by atoms with E-state index in [2.05, 4.69) is 0 Å². The van der Waals surface area contributed by atoms with Gasteiger partial charge >= 0.3 is 11.9 Å². The van der Waals surface area contributed by atoms with Crippen molar-refractivity contribution in [2.24, 2.45) is 0 Å². The molecule has 1 unspecified atom stereocenters. The number of hydrogen-bond donors (Lipinski definition) is 1. The molecule has 0 radical (unpaired) electrons. The van der Waals surface area contributed by atoms with E-state index >= 15 is 0 Å². The fourth-order valence-corrected chi connectivity index (χ4v) is 2.55. The first kappa shape index (κ1) is 16.5. The van der Waals surface area contributed by atoms with Gasteiger partial charge in [0.05, 0.1) is 11.7 Å². The SMILES string of the molecule is CC(C)(C)OC(=O)COC1CCc2cc(C(=O)O)ccc2C1. The summed E-state index contributed by atoms with van der Waals surface area (Å²) in [7, 11) is 0. The molecule has 0 saturated heterocycles. The zero-order valence-electron chi connectivity index (χ0n) is 13.2. The van der Waals surface area contributed by atoms with Crippen molar-refractivity contribution in [2.75, 3.05) is 6.61 Å². The summed E-state index contributed by atoms with van der Waals surface area (Å²) in [5.74, 6) is -1.27. The number of esters is 1. The van der Waals surface area contributed by atoms with Crippen molar-refractivity contribution < 1.29 is 24.2 Å². The Balaban J connectivity index is 1.90. The van der Waals surface area contributed by atoms with Crippen LogP contribution in [0.5, 0.6) is 0 Å². The van der Waals surface area contributed by atoms with Crippen molar-refractivity contribution in [2.45, 2.75) is 51.7 Å². The Kier molecular flexibility index (Phi) is 4.86. The molecule has 1 aromatic carbocycles.